The summed E-state index contributed by atoms with van der Waals surface area (Å²) in [4.78, 5) is 11.6. The van der Waals surface area contributed by atoms with E-state index in [0.29, 0.717) is 19.3 Å². The van der Waals surface area contributed by atoms with Crippen LogP contribution in [-0.2, 0) is 19.6 Å². The van der Waals surface area contributed by atoms with E-state index in [2.05, 4.69) is 9.46 Å². The van der Waals surface area contributed by atoms with Crippen molar-refractivity contribution in [1.82, 2.24) is 4.72 Å². The van der Waals surface area contributed by atoms with Gasteiger partial charge in [0.1, 0.15) is 0 Å². The van der Waals surface area contributed by atoms with Crippen LogP contribution in [0.1, 0.15) is 33.1 Å². The van der Waals surface area contributed by atoms with E-state index in [1.165, 1.54) is 7.11 Å². The van der Waals surface area contributed by atoms with E-state index in [9.17, 15) is 18.3 Å². The van der Waals surface area contributed by atoms with E-state index in [4.69, 9.17) is 0 Å². The molecule has 0 saturated heterocycles. The van der Waals surface area contributed by atoms with Crippen molar-refractivity contribution >= 4 is 16.0 Å². The van der Waals surface area contributed by atoms with Gasteiger partial charge >= 0.3 is 5.97 Å². The minimum atomic E-state index is -3.60. The van der Waals surface area contributed by atoms with Gasteiger partial charge in [-0.1, -0.05) is 20.3 Å². The van der Waals surface area contributed by atoms with Crippen molar-refractivity contribution in [1.29, 1.82) is 0 Å². The van der Waals surface area contributed by atoms with E-state index in [1.54, 1.807) is 0 Å². The van der Waals surface area contributed by atoms with Gasteiger partial charge in [-0.2, -0.15) is 0 Å². The largest absolute Gasteiger partial charge is 0.469 e. The van der Waals surface area contributed by atoms with Crippen LogP contribution in [0, 0.1) is 11.8 Å². The Balaban J connectivity index is 2.68. The van der Waals surface area contributed by atoms with E-state index >= 15 is 0 Å². The highest BCUT2D eigenvalue weighted by molar-refractivity contribution is 7.90. The van der Waals surface area contributed by atoms with Gasteiger partial charge in [-0.05, 0) is 18.8 Å². The van der Waals surface area contributed by atoms with Crippen molar-refractivity contribution in [2.24, 2.45) is 11.8 Å². The van der Waals surface area contributed by atoms with E-state index in [1.807, 2.05) is 13.8 Å². The predicted octanol–water partition coefficient (Wildman–Crippen LogP) is 0.264. The normalized spacial score (nSPS) is 25.5. The quantitative estimate of drug-likeness (QED) is 0.686. The Morgan fingerprint density at radius 3 is 2.58 bits per heavy atom. The number of carbonyl (C=O) groups is 1. The molecule has 112 valence electrons. The molecule has 0 aromatic rings. The lowest BCUT2D eigenvalue weighted by molar-refractivity contribution is -0.145. The summed E-state index contributed by atoms with van der Waals surface area (Å²) < 4.78 is 31.4. The summed E-state index contributed by atoms with van der Waals surface area (Å²) in [5.41, 5.74) is 0. The lowest BCUT2D eigenvalue weighted by Gasteiger charge is -2.21. The summed E-state index contributed by atoms with van der Waals surface area (Å²) in [6.07, 6.45) is 0.948. The fraction of sp³-hybridized carbons (Fsp3) is 0.917. The fourth-order valence-corrected chi connectivity index (χ4v) is 4.04. The van der Waals surface area contributed by atoms with Crippen molar-refractivity contribution in [2.45, 2.75) is 44.5 Å². The zero-order chi connectivity index (χ0) is 14.6. The molecule has 1 rings (SSSR count). The number of esters is 1. The molecule has 0 heterocycles. The minimum Gasteiger partial charge on any atom is -0.469 e. The van der Waals surface area contributed by atoms with Crippen molar-refractivity contribution in [2.75, 3.05) is 13.7 Å². The van der Waals surface area contributed by atoms with Gasteiger partial charge in [0, 0.05) is 6.54 Å². The Hall–Kier alpha value is -0.660. The number of sulfonamides is 1. The summed E-state index contributed by atoms with van der Waals surface area (Å²) in [5, 5.41) is 8.88. The molecule has 1 saturated carbocycles. The highest BCUT2D eigenvalue weighted by Crippen LogP contribution is 2.31. The first-order valence-corrected chi connectivity index (χ1v) is 8.08. The SMILES string of the molecule is COC(=O)C1CCCC1S(=O)(=O)NCC(O)C(C)C. The van der Waals surface area contributed by atoms with Crippen molar-refractivity contribution in [3.05, 3.63) is 0 Å². The first-order chi connectivity index (χ1) is 8.79. The molecule has 3 atom stereocenters. The summed E-state index contributed by atoms with van der Waals surface area (Å²) in [7, 11) is -2.34. The average Bonchev–Trinajstić information content (AvgIpc) is 2.84. The number of rotatable bonds is 6. The van der Waals surface area contributed by atoms with Crippen LogP contribution in [0.15, 0.2) is 0 Å². The Morgan fingerprint density at radius 1 is 1.42 bits per heavy atom. The van der Waals surface area contributed by atoms with Crippen LogP contribution in [-0.4, -0.2) is 44.5 Å². The van der Waals surface area contributed by atoms with E-state index in [0.717, 1.165) is 0 Å². The Morgan fingerprint density at radius 2 is 2.05 bits per heavy atom. The van der Waals surface area contributed by atoms with Crippen molar-refractivity contribution in [3.63, 3.8) is 0 Å². The number of nitrogens with one attached hydrogen (secondary N) is 1. The number of methoxy groups -OCH3 is 1. The number of ether oxygens (including phenoxy) is 1. The Labute approximate surface area is 114 Å². The molecule has 0 bridgehead atoms. The Bertz CT molecular complexity index is 406. The highest BCUT2D eigenvalue weighted by Gasteiger charge is 2.42. The van der Waals surface area contributed by atoms with Crippen LogP contribution < -0.4 is 4.72 Å². The molecule has 0 radical (unpaired) electrons. The van der Waals surface area contributed by atoms with Crippen LogP contribution in [0.2, 0.25) is 0 Å². The van der Waals surface area contributed by atoms with Crippen molar-refractivity contribution in [3.8, 4) is 0 Å². The van der Waals surface area contributed by atoms with Crippen LogP contribution in [0.25, 0.3) is 0 Å². The Kier molecular flexibility index (Phi) is 5.76. The number of carbonyl (C=O) groups excluding carboxylic acids is 1. The van der Waals surface area contributed by atoms with Crippen molar-refractivity contribution < 1.29 is 23.1 Å². The number of hydrogen-bond donors (Lipinski definition) is 2. The molecule has 0 amide bonds. The number of aliphatic hydroxyl groups excluding tert-OH is 1. The van der Waals surface area contributed by atoms with Gasteiger partial charge in [0.2, 0.25) is 10.0 Å². The molecular weight excluding hydrogens is 270 g/mol. The van der Waals surface area contributed by atoms with Gasteiger partial charge in [-0.3, -0.25) is 4.79 Å². The lowest BCUT2D eigenvalue weighted by Crippen LogP contribution is -2.43. The average molecular weight is 293 g/mol. The molecule has 0 spiro atoms. The smallest absolute Gasteiger partial charge is 0.310 e. The third kappa shape index (κ3) is 4.15. The van der Waals surface area contributed by atoms with E-state index < -0.39 is 33.3 Å². The van der Waals surface area contributed by atoms with Crippen LogP contribution in [0.5, 0.6) is 0 Å². The molecule has 0 aromatic heterocycles. The summed E-state index contributed by atoms with van der Waals surface area (Å²) in [5.74, 6) is -1.10. The van der Waals surface area contributed by atoms with Gasteiger partial charge in [0.15, 0.2) is 0 Å². The second-order valence-electron chi connectivity index (χ2n) is 5.30. The minimum absolute atomic E-state index is 0.0234. The van der Waals surface area contributed by atoms with Gasteiger partial charge in [0.05, 0.1) is 24.4 Å². The molecule has 7 heteroatoms. The number of aliphatic hydroxyl groups is 1. The molecule has 0 aliphatic heterocycles. The second kappa shape index (κ2) is 6.67. The zero-order valence-corrected chi connectivity index (χ0v) is 12.4. The lowest BCUT2D eigenvalue weighted by atomic mass is 10.1. The first kappa shape index (κ1) is 16.4. The third-order valence-corrected chi connectivity index (χ3v) is 5.55. The molecule has 6 nitrogen and oxygen atoms in total. The summed E-state index contributed by atoms with van der Waals surface area (Å²) >= 11 is 0. The second-order valence-corrected chi connectivity index (χ2v) is 7.29. The zero-order valence-electron chi connectivity index (χ0n) is 11.6. The molecule has 2 N–H and O–H groups in total. The molecule has 1 aliphatic rings. The highest BCUT2D eigenvalue weighted by atomic mass is 32.2. The van der Waals surface area contributed by atoms with E-state index in [-0.39, 0.29) is 12.5 Å². The molecule has 1 aliphatic carbocycles. The van der Waals surface area contributed by atoms with Gasteiger partial charge in [-0.25, -0.2) is 13.1 Å². The number of hydrogen-bond acceptors (Lipinski definition) is 5. The first-order valence-electron chi connectivity index (χ1n) is 6.54. The molecular formula is C12H23NO5S. The van der Waals surface area contributed by atoms with Crippen LogP contribution in [0.3, 0.4) is 0 Å². The maximum atomic E-state index is 12.2. The predicted molar refractivity (Wildman–Crippen MR) is 70.9 cm³/mol. The summed E-state index contributed by atoms with van der Waals surface area (Å²) in [6.45, 7) is 3.60. The monoisotopic (exact) mass is 293 g/mol. The maximum Gasteiger partial charge on any atom is 0.310 e. The summed E-state index contributed by atoms with van der Waals surface area (Å²) in [6, 6.07) is 0. The van der Waals surface area contributed by atoms with Crippen LogP contribution >= 0.6 is 0 Å². The molecule has 0 aromatic carbocycles. The fourth-order valence-electron chi connectivity index (χ4n) is 2.26. The standard InChI is InChI=1S/C12H23NO5S/c1-8(2)10(14)7-13-19(16,17)11-6-4-5-9(11)12(15)18-3/h8-11,13-14H,4-7H2,1-3H3. The molecule has 19 heavy (non-hydrogen) atoms. The molecule has 3 unspecified atom stereocenters. The topological polar surface area (TPSA) is 92.7 Å². The van der Waals surface area contributed by atoms with Gasteiger partial charge in [0.25, 0.3) is 0 Å². The van der Waals surface area contributed by atoms with Gasteiger partial charge in [-0.15, -0.1) is 0 Å². The van der Waals surface area contributed by atoms with Crippen LogP contribution in [0.4, 0.5) is 0 Å². The third-order valence-electron chi connectivity index (χ3n) is 3.62. The molecule has 1 fully saturated rings. The van der Waals surface area contributed by atoms with Gasteiger partial charge < -0.3 is 9.84 Å². The maximum absolute atomic E-state index is 12.2.